The van der Waals surface area contributed by atoms with E-state index in [0.717, 1.165) is 5.56 Å². The molecular formula is C14H18N2O4. The maximum Gasteiger partial charge on any atom is 0.309 e. The van der Waals surface area contributed by atoms with Crippen LogP contribution in [0.25, 0.3) is 0 Å². The molecule has 1 saturated heterocycles. The molecule has 2 amide bonds. The second kappa shape index (κ2) is 6.49. The highest BCUT2D eigenvalue weighted by molar-refractivity contribution is 6.35. The molecule has 6 heteroatoms. The zero-order valence-corrected chi connectivity index (χ0v) is 11.1. The summed E-state index contributed by atoms with van der Waals surface area (Å²) in [5.74, 6) is -1.46. The predicted molar refractivity (Wildman–Crippen MR) is 71.7 cm³/mol. The molecule has 1 aromatic rings. The molecule has 0 radical (unpaired) electrons. The normalized spacial score (nSPS) is 21.4. The molecule has 108 valence electrons. The van der Waals surface area contributed by atoms with Gasteiger partial charge in [0, 0.05) is 26.1 Å². The van der Waals surface area contributed by atoms with Gasteiger partial charge in [-0.2, -0.15) is 0 Å². The van der Waals surface area contributed by atoms with Crippen molar-refractivity contribution in [3.8, 4) is 0 Å². The lowest BCUT2D eigenvalue weighted by Crippen LogP contribution is -2.47. The molecule has 3 N–H and O–H groups in total. The Bertz CT molecular complexity index is 469. The lowest BCUT2D eigenvalue weighted by Gasteiger charge is -2.20. The Balaban J connectivity index is 1.73. The molecule has 0 bridgehead atoms. The van der Waals surface area contributed by atoms with Gasteiger partial charge in [0.25, 0.3) is 0 Å². The van der Waals surface area contributed by atoms with Crippen molar-refractivity contribution in [1.29, 1.82) is 0 Å². The molecule has 20 heavy (non-hydrogen) atoms. The predicted octanol–water partition coefficient (Wildman–Crippen LogP) is -0.430. The third kappa shape index (κ3) is 4.04. The topological polar surface area (TPSA) is 87.7 Å². The van der Waals surface area contributed by atoms with Crippen LogP contribution >= 0.6 is 0 Å². The summed E-state index contributed by atoms with van der Waals surface area (Å²) in [5, 5.41) is 14.9. The zero-order valence-electron chi connectivity index (χ0n) is 11.1. The van der Waals surface area contributed by atoms with Gasteiger partial charge in [0.1, 0.15) is 5.60 Å². The Labute approximate surface area is 117 Å². The molecule has 1 heterocycles. The number of carbonyl (C=O) groups excluding carboxylic acids is 2. The van der Waals surface area contributed by atoms with Gasteiger partial charge in [0.2, 0.25) is 0 Å². The van der Waals surface area contributed by atoms with Crippen LogP contribution in [-0.4, -0.2) is 42.3 Å². The number of aliphatic hydroxyl groups is 1. The minimum atomic E-state index is -1.06. The summed E-state index contributed by atoms with van der Waals surface area (Å²) in [4.78, 5) is 23.2. The Morgan fingerprint density at radius 1 is 1.20 bits per heavy atom. The van der Waals surface area contributed by atoms with Crippen molar-refractivity contribution in [3.05, 3.63) is 35.9 Å². The zero-order chi connectivity index (χ0) is 14.4. The number of hydrogen-bond donors (Lipinski definition) is 3. The molecule has 1 atom stereocenters. The van der Waals surface area contributed by atoms with Crippen LogP contribution < -0.4 is 10.6 Å². The van der Waals surface area contributed by atoms with Crippen molar-refractivity contribution >= 4 is 11.8 Å². The molecule has 0 saturated carbocycles. The minimum Gasteiger partial charge on any atom is -0.386 e. The Hall–Kier alpha value is -1.92. The first-order valence-electron chi connectivity index (χ1n) is 6.49. The third-order valence-electron chi connectivity index (χ3n) is 3.16. The van der Waals surface area contributed by atoms with Crippen LogP contribution in [0.2, 0.25) is 0 Å². The average Bonchev–Trinajstić information content (AvgIpc) is 2.90. The summed E-state index contributed by atoms with van der Waals surface area (Å²) in [6, 6.07) is 9.31. The van der Waals surface area contributed by atoms with Crippen LogP contribution in [0.3, 0.4) is 0 Å². The van der Waals surface area contributed by atoms with Crippen LogP contribution in [0.15, 0.2) is 30.3 Å². The number of ether oxygens (including phenoxy) is 1. The average molecular weight is 278 g/mol. The van der Waals surface area contributed by atoms with Crippen LogP contribution in [-0.2, 0) is 20.9 Å². The lowest BCUT2D eigenvalue weighted by molar-refractivity contribution is -0.139. The maximum atomic E-state index is 11.6. The number of hydrogen-bond acceptors (Lipinski definition) is 4. The molecule has 1 aliphatic rings. The molecule has 0 aromatic heterocycles. The summed E-state index contributed by atoms with van der Waals surface area (Å²) in [6.45, 7) is 0.955. The van der Waals surface area contributed by atoms with E-state index in [1.807, 2.05) is 30.3 Å². The van der Waals surface area contributed by atoms with E-state index in [1.165, 1.54) is 0 Å². The number of nitrogens with one attached hydrogen (secondary N) is 2. The standard InChI is InChI=1S/C14H18N2O4/c17-12(15-8-11-4-2-1-3-5-11)13(18)16-9-14(19)6-7-20-10-14/h1-5,19H,6-10H2,(H,15,17)(H,16,18)/t14-/m1/s1. The van der Waals surface area contributed by atoms with Crippen LogP contribution in [0.4, 0.5) is 0 Å². The van der Waals surface area contributed by atoms with Gasteiger partial charge in [-0.15, -0.1) is 0 Å². The smallest absolute Gasteiger partial charge is 0.309 e. The van der Waals surface area contributed by atoms with E-state index < -0.39 is 17.4 Å². The SMILES string of the molecule is O=C(NCc1ccccc1)C(=O)NC[C@]1(O)CCOC1. The van der Waals surface area contributed by atoms with E-state index in [1.54, 1.807) is 0 Å². The fourth-order valence-corrected chi connectivity index (χ4v) is 1.92. The van der Waals surface area contributed by atoms with Gasteiger partial charge in [-0.3, -0.25) is 9.59 Å². The molecule has 0 unspecified atom stereocenters. The monoisotopic (exact) mass is 278 g/mol. The Morgan fingerprint density at radius 3 is 2.55 bits per heavy atom. The van der Waals surface area contributed by atoms with Crippen molar-refractivity contribution in [2.24, 2.45) is 0 Å². The molecule has 2 rings (SSSR count). The highest BCUT2D eigenvalue weighted by Crippen LogP contribution is 2.16. The first-order valence-corrected chi connectivity index (χ1v) is 6.49. The van der Waals surface area contributed by atoms with Crippen molar-refractivity contribution in [2.75, 3.05) is 19.8 Å². The quantitative estimate of drug-likeness (QED) is 0.652. The molecular weight excluding hydrogens is 260 g/mol. The van der Waals surface area contributed by atoms with Gasteiger partial charge < -0.3 is 20.5 Å². The van der Waals surface area contributed by atoms with Crippen molar-refractivity contribution in [1.82, 2.24) is 10.6 Å². The number of rotatable bonds is 4. The summed E-state index contributed by atoms with van der Waals surface area (Å²) >= 11 is 0. The van der Waals surface area contributed by atoms with Gasteiger partial charge >= 0.3 is 11.8 Å². The molecule has 0 spiro atoms. The second-order valence-corrected chi connectivity index (χ2v) is 4.88. The van der Waals surface area contributed by atoms with E-state index >= 15 is 0 Å². The Morgan fingerprint density at radius 2 is 1.90 bits per heavy atom. The molecule has 1 aromatic carbocycles. The van der Waals surface area contributed by atoms with Crippen molar-refractivity contribution in [3.63, 3.8) is 0 Å². The van der Waals surface area contributed by atoms with E-state index in [9.17, 15) is 14.7 Å². The first-order chi connectivity index (χ1) is 9.59. The molecule has 6 nitrogen and oxygen atoms in total. The lowest BCUT2D eigenvalue weighted by atomic mass is 10.0. The third-order valence-corrected chi connectivity index (χ3v) is 3.16. The van der Waals surface area contributed by atoms with Crippen molar-refractivity contribution in [2.45, 2.75) is 18.6 Å². The molecule has 0 aliphatic carbocycles. The van der Waals surface area contributed by atoms with Crippen LogP contribution in [0, 0.1) is 0 Å². The highest BCUT2D eigenvalue weighted by Gasteiger charge is 2.33. The minimum absolute atomic E-state index is 0.0184. The Kier molecular flexibility index (Phi) is 4.70. The van der Waals surface area contributed by atoms with Crippen LogP contribution in [0.5, 0.6) is 0 Å². The number of benzene rings is 1. The molecule has 1 aliphatic heterocycles. The van der Waals surface area contributed by atoms with Gasteiger partial charge in [-0.05, 0) is 5.56 Å². The summed E-state index contributed by atoms with van der Waals surface area (Å²) in [7, 11) is 0. The van der Waals surface area contributed by atoms with Gasteiger partial charge in [-0.1, -0.05) is 30.3 Å². The van der Waals surface area contributed by atoms with E-state index in [4.69, 9.17) is 4.74 Å². The van der Waals surface area contributed by atoms with Crippen molar-refractivity contribution < 1.29 is 19.4 Å². The summed E-state index contributed by atoms with van der Waals surface area (Å²) in [6.07, 6.45) is 0.457. The number of amides is 2. The highest BCUT2D eigenvalue weighted by atomic mass is 16.5. The first kappa shape index (κ1) is 14.5. The summed E-state index contributed by atoms with van der Waals surface area (Å²) in [5.41, 5.74) is -0.147. The second-order valence-electron chi connectivity index (χ2n) is 4.88. The van der Waals surface area contributed by atoms with E-state index in [-0.39, 0.29) is 13.2 Å². The van der Waals surface area contributed by atoms with E-state index in [2.05, 4.69) is 10.6 Å². The van der Waals surface area contributed by atoms with Crippen LogP contribution in [0.1, 0.15) is 12.0 Å². The fraction of sp³-hybridized carbons (Fsp3) is 0.429. The largest absolute Gasteiger partial charge is 0.386 e. The van der Waals surface area contributed by atoms with E-state index in [0.29, 0.717) is 19.6 Å². The summed E-state index contributed by atoms with van der Waals surface area (Å²) < 4.78 is 5.06. The van der Waals surface area contributed by atoms with Gasteiger partial charge in [0.05, 0.1) is 6.61 Å². The fourth-order valence-electron chi connectivity index (χ4n) is 1.92. The van der Waals surface area contributed by atoms with Gasteiger partial charge in [-0.25, -0.2) is 0 Å². The van der Waals surface area contributed by atoms with Gasteiger partial charge in [0.15, 0.2) is 0 Å². The number of carbonyl (C=O) groups is 2. The maximum absolute atomic E-state index is 11.6. The molecule has 1 fully saturated rings.